The number of aliphatic hydroxyl groups is 1. The van der Waals surface area contributed by atoms with Crippen LogP contribution >= 0.6 is 11.8 Å². The Morgan fingerprint density at radius 3 is 1.84 bits per heavy atom. The molecule has 5 aromatic carbocycles. The second-order valence-electron chi connectivity index (χ2n) is 15.3. The lowest BCUT2D eigenvalue weighted by molar-refractivity contribution is -0.316. The molecule has 0 saturated carbocycles. The number of hydrogen-bond acceptors (Lipinski definition) is 14. The highest BCUT2D eigenvalue weighted by molar-refractivity contribution is 7.99. The van der Waals surface area contributed by atoms with Crippen LogP contribution in [0.25, 0.3) is 0 Å². The molecular weight excluding hydrogens is 843 g/mol. The molecule has 9 atom stereocenters. The van der Waals surface area contributed by atoms with Crippen molar-refractivity contribution in [1.82, 2.24) is 4.90 Å². The van der Waals surface area contributed by atoms with Crippen molar-refractivity contribution in [3.05, 3.63) is 173 Å². The molecule has 2 amide bonds. The molecule has 0 aliphatic carbocycles. The first-order valence-electron chi connectivity index (χ1n) is 20.7. The summed E-state index contributed by atoms with van der Waals surface area (Å²) < 4.78 is 43.5. The van der Waals surface area contributed by atoms with Crippen LogP contribution in [0.5, 0.6) is 0 Å². The van der Waals surface area contributed by atoms with Gasteiger partial charge in [0.15, 0.2) is 12.4 Å². The summed E-state index contributed by atoms with van der Waals surface area (Å²) in [5.74, 6) is -3.34. The Bertz CT molecular complexity index is 2370. The number of nitrogens with zero attached hydrogens (tertiary/aromatic N) is 1. The van der Waals surface area contributed by atoms with Gasteiger partial charge in [0.1, 0.15) is 48.6 Å². The Labute approximate surface area is 373 Å². The van der Waals surface area contributed by atoms with Crippen molar-refractivity contribution in [2.24, 2.45) is 0 Å². The summed E-state index contributed by atoms with van der Waals surface area (Å²) in [7, 11) is 0. The molecule has 15 heteroatoms. The Kier molecular flexibility index (Phi) is 14.3. The SMILES string of the molecule is CC(=O)O[C@@H]1C[C@@H](OC(=O)c2ccccc2)[C@H](O[C@H]2[C@H](O)[C@@H](N3C(=O)c4ccccc4C3=O)[C@H](Sc3ccccc3)O[C@@H]2COCc2ccccc2)O[C@@H]1COC(=O)c1ccccc1. The number of rotatable bonds is 15. The first kappa shape index (κ1) is 44.4. The van der Waals surface area contributed by atoms with E-state index in [0.29, 0.717) is 0 Å². The minimum Gasteiger partial charge on any atom is -0.459 e. The smallest absolute Gasteiger partial charge is 0.338 e. The first-order valence-corrected chi connectivity index (χ1v) is 21.6. The van der Waals surface area contributed by atoms with Crippen LogP contribution in [0, 0.1) is 0 Å². The van der Waals surface area contributed by atoms with Crippen molar-refractivity contribution in [1.29, 1.82) is 0 Å². The lowest BCUT2D eigenvalue weighted by Gasteiger charge is -2.48. The maximum atomic E-state index is 14.2. The Hall–Kier alpha value is -6.20. The Balaban J connectivity index is 1.15. The zero-order valence-electron chi connectivity index (χ0n) is 34.6. The largest absolute Gasteiger partial charge is 0.459 e. The molecule has 0 unspecified atom stereocenters. The number of ether oxygens (including phenoxy) is 7. The average Bonchev–Trinajstić information content (AvgIpc) is 3.56. The Morgan fingerprint density at radius 1 is 0.672 bits per heavy atom. The highest BCUT2D eigenvalue weighted by atomic mass is 32.2. The van der Waals surface area contributed by atoms with Gasteiger partial charge in [-0.2, -0.15) is 0 Å². The predicted molar refractivity (Wildman–Crippen MR) is 230 cm³/mol. The maximum absolute atomic E-state index is 14.2. The summed E-state index contributed by atoms with van der Waals surface area (Å²) in [4.78, 5) is 69.3. The van der Waals surface area contributed by atoms with Gasteiger partial charge in [-0.1, -0.05) is 109 Å². The normalized spacial score (nSPS) is 25.3. The van der Waals surface area contributed by atoms with E-state index >= 15 is 0 Å². The van der Waals surface area contributed by atoms with E-state index in [9.17, 15) is 29.1 Å². The van der Waals surface area contributed by atoms with Crippen LogP contribution in [0.4, 0.5) is 0 Å². The van der Waals surface area contributed by atoms with E-state index in [2.05, 4.69) is 0 Å². The molecule has 3 heterocycles. The Morgan fingerprint density at radius 2 is 1.23 bits per heavy atom. The summed E-state index contributed by atoms with van der Waals surface area (Å²) in [6.45, 7) is 0.815. The summed E-state index contributed by atoms with van der Waals surface area (Å²) in [6.07, 6.45) is -9.40. The monoisotopic (exact) mass is 887 g/mol. The minimum atomic E-state index is -1.66. The number of benzene rings is 5. The van der Waals surface area contributed by atoms with Gasteiger partial charge in [-0.3, -0.25) is 19.3 Å². The van der Waals surface area contributed by atoms with Gasteiger partial charge in [-0.05, 0) is 54.1 Å². The zero-order chi connectivity index (χ0) is 44.6. The van der Waals surface area contributed by atoms with Crippen LogP contribution in [-0.2, 0) is 44.6 Å². The number of amides is 2. The van der Waals surface area contributed by atoms with Gasteiger partial charge < -0.3 is 38.3 Å². The lowest BCUT2D eigenvalue weighted by Crippen LogP contribution is -2.66. The van der Waals surface area contributed by atoms with Crippen molar-refractivity contribution < 1.29 is 62.2 Å². The minimum absolute atomic E-state index is 0.146. The van der Waals surface area contributed by atoms with E-state index in [-0.39, 0.29) is 41.9 Å². The maximum Gasteiger partial charge on any atom is 0.338 e. The molecule has 2 saturated heterocycles. The third-order valence-corrected chi connectivity index (χ3v) is 12.1. The van der Waals surface area contributed by atoms with E-state index in [1.807, 2.05) is 60.7 Å². The summed E-state index contributed by atoms with van der Waals surface area (Å²) in [5.41, 5.74) is 0.644. The van der Waals surface area contributed by atoms with Gasteiger partial charge in [0.2, 0.25) is 0 Å². The van der Waals surface area contributed by atoms with E-state index < -0.39 is 90.7 Å². The lowest BCUT2D eigenvalue weighted by atomic mass is 9.95. The average molecular weight is 888 g/mol. The molecule has 14 nitrogen and oxygen atoms in total. The number of esters is 3. The van der Waals surface area contributed by atoms with E-state index in [4.69, 9.17) is 33.2 Å². The quantitative estimate of drug-likeness (QED) is 0.0709. The number of carbonyl (C=O) groups is 5. The molecule has 5 aromatic rings. The number of carbonyl (C=O) groups excluding carboxylic acids is 5. The second kappa shape index (κ2) is 20.5. The molecular formula is C49H45NO13S. The van der Waals surface area contributed by atoms with Crippen LogP contribution in [0.2, 0.25) is 0 Å². The number of imide groups is 1. The molecule has 64 heavy (non-hydrogen) atoms. The molecule has 2 fully saturated rings. The summed E-state index contributed by atoms with van der Waals surface area (Å²) in [5, 5.41) is 12.7. The summed E-state index contributed by atoms with van der Waals surface area (Å²) in [6, 6.07) is 40.1. The topological polar surface area (TPSA) is 173 Å². The van der Waals surface area contributed by atoms with Gasteiger partial charge >= 0.3 is 17.9 Å². The van der Waals surface area contributed by atoms with Crippen molar-refractivity contribution in [3.8, 4) is 0 Å². The fourth-order valence-corrected chi connectivity index (χ4v) is 9.06. The summed E-state index contributed by atoms with van der Waals surface area (Å²) >= 11 is 1.21. The molecule has 8 rings (SSSR count). The third kappa shape index (κ3) is 10.3. The molecule has 330 valence electrons. The van der Waals surface area contributed by atoms with Crippen LogP contribution in [-0.4, -0.2) is 107 Å². The number of hydrogen-bond donors (Lipinski definition) is 1. The number of thioether (sulfide) groups is 1. The molecule has 3 aliphatic rings. The first-order chi connectivity index (χ1) is 31.1. The van der Waals surface area contributed by atoms with Crippen molar-refractivity contribution in [2.75, 3.05) is 13.2 Å². The molecule has 3 aliphatic heterocycles. The zero-order valence-corrected chi connectivity index (χ0v) is 35.4. The standard InChI is InChI=1S/C49H45NO13S/c1-30(51)59-37-26-38(60-47(56)33-20-10-4-11-21-33)48(61-39(37)29-58-46(55)32-18-8-3-9-19-32)63-43-40(28-57-27-31-16-6-2-7-17-31)62-49(64-34-22-12-5-13-23-34)41(42(43)52)50-44(53)35-24-14-15-25-36(35)45(50)54/h2-25,37-43,48-49,52H,26-29H2,1H3/t37-,38-,39-,40-,41-,42-,43-,48+,49+/m1/s1. The van der Waals surface area contributed by atoms with E-state index in [1.165, 1.54) is 18.7 Å². The van der Waals surface area contributed by atoms with Crippen LogP contribution < -0.4 is 0 Å². The van der Waals surface area contributed by atoms with Gasteiger partial charge in [-0.15, -0.1) is 0 Å². The predicted octanol–water partition coefficient (Wildman–Crippen LogP) is 6.26. The van der Waals surface area contributed by atoms with E-state index in [1.54, 1.807) is 84.9 Å². The third-order valence-electron chi connectivity index (χ3n) is 10.9. The van der Waals surface area contributed by atoms with Crippen LogP contribution in [0.3, 0.4) is 0 Å². The van der Waals surface area contributed by atoms with Crippen LogP contribution in [0.15, 0.2) is 150 Å². The van der Waals surface area contributed by atoms with Gasteiger partial charge in [-0.25, -0.2) is 9.59 Å². The molecule has 1 N–H and O–H groups in total. The molecule has 0 spiro atoms. The van der Waals surface area contributed by atoms with Crippen molar-refractivity contribution >= 4 is 41.5 Å². The van der Waals surface area contributed by atoms with Gasteiger partial charge in [0, 0.05) is 18.2 Å². The number of fused-ring (bicyclic) bond motifs is 1. The van der Waals surface area contributed by atoms with E-state index in [0.717, 1.165) is 15.4 Å². The van der Waals surface area contributed by atoms with Gasteiger partial charge in [0.05, 0.1) is 35.5 Å². The molecule has 0 aromatic heterocycles. The highest BCUT2D eigenvalue weighted by Gasteiger charge is 2.56. The van der Waals surface area contributed by atoms with Crippen molar-refractivity contribution in [3.63, 3.8) is 0 Å². The highest BCUT2D eigenvalue weighted by Crippen LogP contribution is 2.41. The fraction of sp³-hybridized carbons (Fsp3) is 0.286. The van der Waals surface area contributed by atoms with Crippen molar-refractivity contribution in [2.45, 2.75) is 79.2 Å². The van der Waals surface area contributed by atoms with Gasteiger partial charge in [0.25, 0.3) is 11.8 Å². The molecule has 0 radical (unpaired) electrons. The molecule has 0 bridgehead atoms. The number of aliphatic hydroxyl groups excluding tert-OH is 1. The second-order valence-corrected chi connectivity index (χ2v) is 16.5. The van der Waals surface area contributed by atoms with Crippen LogP contribution in [0.1, 0.15) is 60.3 Å². The fourth-order valence-electron chi connectivity index (χ4n) is 7.86.